The Labute approximate surface area is 106 Å². The second-order valence-corrected chi connectivity index (χ2v) is 4.39. The number of unbranched alkanes of at least 4 members (excludes halogenated alkanes) is 6. The van der Waals surface area contributed by atoms with Crippen molar-refractivity contribution >= 4 is 12.2 Å². The summed E-state index contributed by atoms with van der Waals surface area (Å²) >= 11 is 0. The lowest BCUT2D eigenvalue weighted by atomic mass is 10.1. The molecule has 0 aliphatic heterocycles. The smallest absolute Gasteiger partial charge is 0.222 e. The first kappa shape index (κ1) is 16.1. The number of hydrogen-bond donors (Lipinski definition) is 0. The summed E-state index contributed by atoms with van der Waals surface area (Å²) in [5.41, 5.74) is 0. The molecule has 0 unspecified atom stereocenters. The molecule has 0 aromatic rings. The Bertz CT molecular complexity index is 200. The van der Waals surface area contributed by atoms with Gasteiger partial charge in [0.05, 0.1) is 0 Å². The highest BCUT2D eigenvalue weighted by molar-refractivity contribution is 5.75. The summed E-state index contributed by atoms with van der Waals surface area (Å²) in [4.78, 5) is 23.7. The van der Waals surface area contributed by atoms with Crippen molar-refractivity contribution in [3.8, 4) is 0 Å². The van der Waals surface area contributed by atoms with Gasteiger partial charge in [-0.05, 0) is 26.7 Å². The van der Waals surface area contributed by atoms with E-state index >= 15 is 0 Å². The molecule has 0 rings (SSSR count). The van der Waals surface area contributed by atoms with Crippen LogP contribution in [-0.2, 0) is 9.59 Å². The molecule has 0 heterocycles. The maximum absolute atomic E-state index is 11.7. The Kier molecular flexibility index (Phi) is 11.0. The molecule has 3 nitrogen and oxygen atoms in total. The van der Waals surface area contributed by atoms with E-state index < -0.39 is 0 Å². The molecule has 17 heavy (non-hydrogen) atoms. The van der Waals surface area contributed by atoms with Gasteiger partial charge in [-0.3, -0.25) is 4.79 Å². The maximum Gasteiger partial charge on any atom is 0.222 e. The van der Waals surface area contributed by atoms with Crippen LogP contribution in [0.2, 0.25) is 0 Å². The fourth-order valence-corrected chi connectivity index (χ4v) is 1.95. The Morgan fingerprint density at radius 2 is 1.47 bits per heavy atom. The zero-order valence-corrected chi connectivity index (χ0v) is 11.4. The average molecular weight is 241 g/mol. The highest BCUT2D eigenvalue weighted by Crippen LogP contribution is 2.09. The third-order valence-corrected chi connectivity index (χ3v) is 3.08. The van der Waals surface area contributed by atoms with E-state index in [2.05, 4.69) is 0 Å². The first-order valence-electron chi connectivity index (χ1n) is 6.97. The molecule has 0 aliphatic rings. The van der Waals surface area contributed by atoms with Crippen molar-refractivity contribution in [2.24, 2.45) is 0 Å². The monoisotopic (exact) mass is 241 g/mol. The summed E-state index contributed by atoms with van der Waals surface area (Å²) in [5.74, 6) is 0.288. The molecule has 0 fully saturated rings. The fraction of sp³-hybridized carbons (Fsp3) is 0.857. The van der Waals surface area contributed by atoms with Crippen LogP contribution in [0.25, 0.3) is 0 Å². The zero-order valence-electron chi connectivity index (χ0n) is 11.4. The van der Waals surface area contributed by atoms with E-state index in [9.17, 15) is 9.59 Å². The molecule has 0 N–H and O–H groups in total. The minimum atomic E-state index is 0.288. The van der Waals surface area contributed by atoms with Crippen molar-refractivity contribution in [2.75, 3.05) is 13.1 Å². The van der Waals surface area contributed by atoms with Gasteiger partial charge in [0.25, 0.3) is 0 Å². The molecule has 0 saturated heterocycles. The van der Waals surface area contributed by atoms with Gasteiger partial charge >= 0.3 is 0 Å². The summed E-state index contributed by atoms with van der Waals surface area (Å²) in [6.45, 7) is 5.69. The van der Waals surface area contributed by atoms with Crippen molar-refractivity contribution in [3.63, 3.8) is 0 Å². The van der Waals surface area contributed by atoms with Crippen molar-refractivity contribution in [3.05, 3.63) is 0 Å². The average Bonchev–Trinajstić information content (AvgIpc) is 2.34. The van der Waals surface area contributed by atoms with Gasteiger partial charge in [0, 0.05) is 25.9 Å². The summed E-state index contributed by atoms with van der Waals surface area (Å²) in [7, 11) is 0. The summed E-state index contributed by atoms with van der Waals surface area (Å²) in [6, 6.07) is 0. The lowest BCUT2D eigenvalue weighted by molar-refractivity contribution is -0.130. The first-order chi connectivity index (χ1) is 8.26. The minimum Gasteiger partial charge on any atom is -0.343 e. The van der Waals surface area contributed by atoms with Gasteiger partial charge in [0.1, 0.15) is 6.29 Å². The molecular weight excluding hydrogens is 214 g/mol. The Balaban J connectivity index is 3.32. The van der Waals surface area contributed by atoms with E-state index in [1.165, 1.54) is 12.8 Å². The quantitative estimate of drug-likeness (QED) is 0.411. The van der Waals surface area contributed by atoms with E-state index in [0.717, 1.165) is 45.1 Å². The minimum absolute atomic E-state index is 0.288. The fourth-order valence-electron chi connectivity index (χ4n) is 1.95. The molecule has 1 amide bonds. The number of amides is 1. The van der Waals surface area contributed by atoms with Crippen LogP contribution in [0.3, 0.4) is 0 Å². The second kappa shape index (κ2) is 11.6. The Hall–Kier alpha value is -0.860. The van der Waals surface area contributed by atoms with E-state index in [4.69, 9.17) is 0 Å². The number of hydrogen-bond acceptors (Lipinski definition) is 2. The van der Waals surface area contributed by atoms with E-state index in [0.29, 0.717) is 12.8 Å². The van der Waals surface area contributed by atoms with Gasteiger partial charge in [-0.25, -0.2) is 0 Å². The molecular formula is C14H27NO2. The molecule has 3 heteroatoms. The molecule has 0 saturated carbocycles. The third kappa shape index (κ3) is 8.90. The highest BCUT2D eigenvalue weighted by atomic mass is 16.2. The Morgan fingerprint density at radius 1 is 0.941 bits per heavy atom. The molecule has 0 aliphatic carbocycles. The normalized spacial score (nSPS) is 10.2. The second-order valence-electron chi connectivity index (χ2n) is 4.39. The van der Waals surface area contributed by atoms with Gasteiger partial charge in [0.2, 0.25) is 5.91 Å². The summed E-state index contributed by atoms with van der Waals surface area (Å²) in [5, 5.41) is 0. The number of aldehydes is 1. The van der Waals surface area contributed by atoms with Crippen LogP contribution >= 0.6 is 0 Å². The summed E-state index contributed by atoms with van der Waals surface area (Å²) < 4.78 is 0. The number of nitrogens with zero attached hydrogens (tertiary/aromatic N) is 1. The van der Waals surface area contributed by atoms with Gasteiger partial charge in [-0.1, -0.05) is 25.7 Å². The SMILES string of the molecule is CCN(CC)C(=O)CCCCCCCCC=O. The van der Waals surface area contributed by atoms with Crippen LogP contribution in [0.15, 0.2) is 0 Å². The van der Waals surface area contributed by atoms with Gasteiger partial charge in [-0.15, -0.1) is 0 Å². The van der Waals surface area contributed by atoms with E-state index in [-0.39, 0.29) is 5.91 Å². The first-order valence-corrected chi connectivity index (χ1v) is 6.97. The van der Waals surface area contributed by atoms with Crippen molar-refractivity contribution < 1.29 is 9.59 Å². The largest absolute Gasteiger partial charge is 0.343 e. The number of rotatable bonds is 11. The molecule has 0 aromatic heterocycles. The van der Waals surface area contributed by atoms with Crippen molar-refractivity contribution in [1.82, 2.24) is 4.90 Å². The lowest BCUT2D eigenvalue weighted by Crippen LogP contribution is -2.30. The number of carbonyl (C=O) groups is 2. The zero-order chi connectivity index (χ0) is 12.9. The predicted octanol–water partition coefficient (Wildman–Crippen LogP) is 3.17. The van der Waals surface area contributed by atoms with Crippen LogP contribution < -0.4 is 0 Å². The lowest BCUT2D eigenvalue weighted by Gasteiger charge is -2.18. The molecule has 0 radical (unpaired) electrons. The van der Waals surface area contributed by atoms with Crippen molar-refractivity contribution in [2.45, 2.75) is 65.2 Å². The standard InChI is InChI=1S/C14H27NO2/c1-3-15(4-2)14(17)12-10-8-6-5-7-9-11-13-16/h13H,3-12H2,1-2H3. The van der Waals surface area contributed by atoms with E-state index in [1.807, 2.05) is 18.7 Å². The topological polar surface area (TPSA) is 37.4 Å². The van der Waals surface area contributed by atoms with Crippen LogP contribution in [0.5, 0.6) is 0 Å². The summed E-state index contributed by atoms with van der Waals surface area (Å²) in [6.07, 6.45) is 9.04. The molecule has 100 valence electrons. The Morgan fingerprint density at radius 3 is 2.00 bits per heavy atom. The molecule has 0 bridgehead atoms. The van der Waals surface area contributed by atoms with Crippen LogP contribution in [0.4, 0.5) is 0 Å². The van der Waals surface area contributed by atoms with Gasteiger partial charge in [-0.2, -0.15) is 0 Å². The number of carbonyl (C=O) groups excluding carboxylic acids is 2. The third-order valence-electron chi connectivity index (χ3n) is 3.08. The van der Waals surface area contributed by atoms with Crippen LogP contribution in [0.1, 0.15) is 65.2 Å². The van der Waals surface area contributed by atoms with Crippen molar-refractivity contribution in [1.29, 1.82) is 0 Å². The van der Waals surface area contributed by atoms with Gasteiger partial charge in [0.15, 0.2) is 0 Å². The predicted molar refractivity (Wildman–Crippen MR) is 70.9 cm³/mol. The molecule has 0 aromatic carbocycles. The maximum atomic E-state index is 11.7. The van der Waals surface area contributed by atoms with Crippen LogP contribution in [0, 0.1) is 0 Å². The van der Waals surface area contributed by atoms with Gasteiger partial charge < -0.3 is 9.69 Å². The highest BCUT2D eigenvalue weighted by Gasteiger charge is 2.07. The molecule has 0 atom stereocenters. The van der Waals surface area contributed by atoms with Crippen LogP contribution in [-0.4, -0.2) is 30.2 Å². The van der Waals surface area contributed by atoms with E-state index in [1.54, 1.807) is 0 Å². The molecule has 0 spiro atoms.